The van der Waals surface area contributed by atoms with Gasteiger partial charge in [0.2, 0.25) is 0 Å². The number of carboxylic acids is 1. The Morgan fingerprint density at radius 2 is 2.25 bits per heavy atom. The summed E-state index contributed by atoms with van der Waals surface area (Å²) in [7, 11) is 0. The summed E-state index contributed by atoms with van der Waals surface area (Å²) in [5.41, 5.74) is -0.0185. The summed E-state index contributed by atoms with van der Waals surface area (Å²) >= 11 is 0. The Hall–Kier alpha value is -1.42. The molecular formula is C8H6FO3-. The van der Waals surface area contributed by atoms with E-state index >= 15 is 0 Å². The first-order chi connectivity index (χ1) is 5.61. The Bertz CT molecular complexity index is 298. The molecule has 64 valence electrons. The highest BCUT2D eigenvalue weighted by molar-refractivity contribution is 5.71. The van der Waals surface area contributed by atoms with E-state index in [1.807, 2.05) is 0 Å². The molecule has 0 bridgehead atoms. The van der Waals surface area contributed by atoms with E-state index in [9.17, 15) is 14.3 Å². The lowest BCUT2D eigenvalue weighted by atomic mass is 10.1. The predicted molar refractivity (Wildman–Crippen MR) is 36.4 cm³/mol. The summed E-state index contributed by atoms with van der Waals surface area (Å²) in [6.45, 7) is 0. The van der Waals surface area contributed by atoms with Crippen molar-refractivity contribution in [3.8, 4) is 0 Å². The summed E-state index contributed by atoms with van der Waals surface area (Å²) in [5.74, 6) is -2.23. The van der Waals surface area contributed by atoms with Crippen LogP contribution in [0.1, 0.15) is 11.7 Å². The average Bonchev–Trinajstić information content (AvgIpc) is 2.03. The normalized spacial score (nSPS) is 12.5. The summed E-state index contributed by atoms with van der Waals surface area (Å²) in [5, 5.41) is 19.0. The standard InChI is InChI=1S/C8H7FO3/c9-6-3-1-2-5(4-6)7(10)8(11)12/h1-4,7,10H,(H,11,12)/p-1/t7-/m0/s1. The van der Waals surface area contributed by atoms with E-state index in [1.165, 1.54) is 12.1 Å². The average molecular weight is 169 g/mol. The van der Waals surface area contributed by atoms with Gasteiger partial charge in [0, 0.05) is 0 Å². The molecule has 0 spiro atoms. The highest BCUT2D eigenvalue weighted by Crippen LogP contribution is 2.12. The van der Waals surface area contributed by atoms with Crippen LogP contribution in [0.4, 0.5) is 4.39 Å². The van der Waals surface area contributed by atoms with Crippen molar-refractivity contribution in [2.45, 2.75) is 6.10 Å². The molecule has 1 rings (SSSR count). The topological polar surface area (TPSA) is 60.4 Å². The summed E-state index contributed by atoms with van der Waals surface area (Å²) in [6, 6.07) is 4.73. The van der Waals surface area contributed by atoms with Gasteiger partial charge in [-0.25, -0.2) is 4.39 Å². The van der Waals surface area contributed by atoms with Crippen molar-refractivity contribution in [3.05, 3.63) is 35.6 Å². The molecule has 1 N–H and O–H groups in total. The van der Waals surface area contributed by atoms with Crippen LogP contribution < -0.4 is 5.11 Å². The fourth-order valence-corrected chi connectivity index (χ4v) is 0.813. The molecule has 0 aliphatic heterocycles. The maximum Gasteiger partial charge on any atom is 0.123 e. The summed E-state index contributed by atoms with van der Waals surface area (Å²) in [6.07, 6.45) is -1.76. The van der Waals surface area contributed by atoms with Crippen molar-refractivity contribution in [1.82, 2.24) is 0 Å². The number of hydrogen-bond donors (Lipinski definition) is 1. The van der Waals surface area contributed by atoms with Crippen LogP contribution in [0.15, 0.2) is 24.3 Å². The van der Waals surface area contributed by atoms with Crippen LogP contribution in [0.5, 0.6) is 0 Å². The molecule has 0 aromatic heterocycles. The molecule has 4 heteroatoms. The minimum Gasteiger partial charge on any atom is -0.547 e. The van der Waals surface area contributed by atoms with Gasteiger partial charge < -0.3 is 15.0 Å². The van der Waals surface area contributed by atoms with Gasteiger partial charge in [0.05, 0.1) is 5.97 Å². The first-order valence-corrected chi connectivity index (χ1v) is 3.25. The minimum absolute atomic E-state index is 0.0185. The van der Waals surface area contributed by atoms with E-state index in [0.717, 1.165) is 12.1 Å². The first kappa shape index (κ1) is 8.67. The van der Waals surface area contributed by atoms with Gasteiger partial charge in [-0.1, -0.05) is 12.1 Å². The molecule has 0 fully saturated rings. The molecule has 3 nitrogen and oxygen atoms in total. The molecule has 0 aliphatic rings. The lowest BCUT2D eigenvalue weighted by molar-refractivity contribution is -0.315. The molecule has 1 aromatic rings. The highest BCUT2D eigenvalue weighted by atomic mass is 19.1. The predicted octanol–water partition coefficient (Wildman–Crippen LogP) is -0.391. The Kier molecular flexibility index (Phi) is 2.40. The quantitative estimate of drug-likeness (QED) is 0.655. The van der Waals surface area contributed by atoms with Crippen LogP contribution >= 0.6 is 0 Å². The Morgan fingerprint density at radius 3 is 2.75 bits per heavy atom. The van der Waals surface area contributed by atoms with Crippen molar-refractivity contribution >= 4 is 5.97 Å². The van der Waals surface area contributed by atoms with Crippen molar-refractivity contribution in [2.24, 2.45) is 0 Å². The van der Waals surface area contributed by atoms with Gasteiger partial charge in [-0.05, 0) is 17.7 Å². The number of carbonyl (C=O) groups excluding carboxylic acids is 1. The lowest BCUT2D eigenvalue weighted by Gasteiger charge is -2.10. The van der Waals surface area contributed by atoms with Crippen molar-refractivity contribution in [3.63, 3.8) is 0 Å². The van der Waals surface area contributed by atoms with E-state index < -0.39 is 17.9 Å². The Balaban J connectivity index is 2.95. The van der Waals surface area contributed by atoms with Crippen LogP contribution in [0.3, 0.4) is 0 Å². The second-order valence-corrected chi connectivity index (χ2v) is 2.28. The smallest absolute Gasteiger partial charge is 0.123 e. The molecule has 1 aromatic carbocycles. The number of halogens is 1. The van der Waals surface area contributed by atoms with Gasteiger partial charge in [-0.2, -0.15) is 0 Å². The zero-order valence-electron chi connectivity index (χ0n) is 6.03. The molecule has 0 aliphatic carbocycles. The van der Waals surface area contributed by atoms with Gasteiger partial charge >= 0.3 is 0 Å². The number of aliphatic carboxylic acids is 1. The molecule has 0 radical (unpaired) electrons. The van der Waals surface area contributed by atoms with Gasteiger partial charge in [-0.15, -0.1) is 0 Å². The van der Waals surface area contributed by atoms with Crippen LogP contribution in [0.2, 0.25) is 0 Å². The number of rotatable bonds is 2. The third kappa shape index (κ3) is 1.79. The number of carbonyl (C=O) groups is 1. The SMILES string of the molecule is O=C([O-])[C@@H](O)c1cccc(F)c1. The summed E-state index contributed by atoms with van der Waals surface area (Å²) < 4.78 is 12.5. The fraction of sp³-hybridized carbons (Fsp3) is 0.125. The fourth-order valence-electron chi connectivity index (χ4n) is 0.813. The van der Waals surface area contributed by atoms with E-state index in [4.69, 9.17) is 5.11 Å². The van der Waals surface area contributed by atoms with Crippen molar-refractivity contribution < 1.29 is 19.4 Å². The molecule has 1 atom stereocenters. The Morgan fingerprint density at radius 1 is 1.58 bits per heavy atom. The lowest BCUT2D eigenvalue weighted by Crippen LogP contribution is -2.29. The monoisotopic (exact) mass is 169 g/mol. The maximum absolute atomic E-state index is 12.5. The van der Waals surface area contributed by atoms with Gasteiger partial charge in [-0.3, -0.25) is 0 Å². The van der Waals surface area contributed by atoms with Gasteiger partial charge in [0.15, 0.2) is 0 Å². The molecule has 12 heavy (non-hydrogen) atoms. The zero-order chi connectivity index (χ0) is 9.14. The van der Waals surface area contributed by atoms with E-state index in [-0.39, 0.29) is 5.56 Å². The minimum atomic E-state index is -1.76. The van der Waals surface area contributed by atoms with Crippen molar-refractivity contribution in [2.75, 3.05) is 0 Å². The largest absolute Gasteiger partial charge is 0.547 e. The third-order valence-corrected chi connectivity index (χ3v) is 1.39. The van der Waals surface area contributed by atoms with E-state index in [2.05, 4.69) is 0 Å². The molecular weight excluding hydrogens is 163 g/mol. The van der Waals surface area contributed by atoms with E-state index in [0.29, 0.717) is 0 Å². The second kappa shape index (κ2) is 3.32. The molecule has 0 saturated heterocycles. The Labute approximate surface area is 68.1 Å². The molecule has 0 amide bonds. The number of benzene rings is 1. The second-order valence-electron chi connectivity index (χ2n) is 2.28. The number of carboxylic acid groups (broad SMARTS) is 1. The molecule has 0 saturated carbocycles. The highest BCUT2D eigenvalue weighted by Gasteiger charge is 2.07. The number of hydrogen-bond acceptors (Lipinski definition) is 3. The zero-order valence-corrected chi connectivity index (χ0v) is 6.03. The number of aliphatic hydroxyl groups excluding tert-OH is 1. The number of aliphatic hydroxyl groups is 1. The first-order valence-electron chi connectivity index (χ1n) is 3.25. The summed E-state index contributed by atoms with van der Waals surface area (Å²) in [4.78, 5) is 10.1. The van der Waals surface area contributed by atoms with Crippen LogP contribution in [0.25, 0.3) is 0 Å². The third-order valence-electron chi connectivity index (χ3n) is 1.39. The van der Waals surface area contributed by atoms with E-state index in [1.54, 1.807) is 0 Å². The van der Waals surface area contributed by atoms with Gasteiger partial charge in [0.25, 0.3) is 0 Å². The van der Waals surface area contributed by atoms with Crippen LogP contribution in [0, 0.1) is 5.82 Å². The maximum atomic E-state index is 12.5. The van der Waals surface area contributed by atoms with Crippen LogP contribution in [-0.2, 0) is 4.79 Å². The van der Waals surface area contributed by atoms with Crippen LogP contribution in [-0.4, -0.2) is 11.1 Å². The molecule has 0 heterocycles. The van der Waals surface area contributed by atoms with Crippen molar-refractivity contribution in [1.29, 1.82) is 0 Å². The van der Waals surface area contributed by atoms with Gasteiger partial charge in [0.1, 0.15) is 11.9 Å². The molecule has 0 unspecified atom stereocenters.